The van der Waals surface area contributed by atoms with Gasteiger partial charge in [-0.05, 0) is 39.3 Å². The SMILES string of the molecule is CNC(CS(=O)(=O)C1CCCC1)c1cc(C)cc(C)c1. The van der Waals surface area contributed by atoms with Crippen molar-refractivity contribution in [2.75, 3.05) is 12.8 Å². The quantitative estimate of drug-likeness (QED) is 0.908. The molecule has 1 aromatic carbocycles. The van der Waals surface area contributed by atoms with E-state index in [9.17, 15) is 8.42 Å². The molecule has 0 amide bonds. The van der Waals surface area contributed by atoms with Crippen molar-refractivity contribution in [3.63, 3.8) is 0 Å². The van der Waals surface area contributed by atoms with Crippen LogP contribution in [0, 0.1) is 13.8 Å². The van der Waals surface area contributed by atoms with Crippen molar-refractivity contribution in [2.45, 2.75) is 50.8 Å². The van der Waals surface area contributed by atoms with Gasteiger partial charge in [0, 0.05) is 6.04 Å². The molecule has 1 atom stereocenters. The smallest absolute Gasteiger partial charge is 0.155 e. The zero-order valence-electron chi connectivity index (χ0n) is 12.6. The summed E-state index contributed by atoms with van der Waals surface area (Å²) in [7, 11) is -1.17. The van der Waals surface area contributed by atoms with Crippen molar-refractivity contribution >= 4 is 9.84 Å². The number of benzene rings is 1. The first kappa shape index (κ1) is 15.5. The molecule has 1 aliphatic rings. The van der Waals surface area contributed by atoms with Crippen molar-refractivity contribution in [3.05, 3.63) is 34.9 Å². The molecule has 1 aromatic rings. The lowest BCUT2D eigenvalue weighted by Gasteiger charge is -2.20. The van der Waals surface area contributed by atoms with Gasteiger partial charge in [-0.3, -0.25) is 0 Å². The van der Waals surface area contributed by atoms with Crippen LogP contribution in [0.4, 0.5) is 0 Å². The summed E-state index contributed by atoms with van der Waals surface area (Å²) in [6.07, 6.45) is 3.78. The van der Waals surface area contributed by atoms with E-state index in [1.165, 1.54) is 11.1 Å². The minimum absolute atomic E-state index is 0.112. The molecule has 112 valence electrons. The average molecular weight is 295 g/mol. The molecule has 0 saturated heterocycles. The van der Waals surface area contributed by atoms with E-state index in [0.29, 0.717) is 0 Å². The molecule has 0 aliphatic heterocycles. The van der Waals surface area contributed by atoms with Crippen LogP contribution in [0.1, 0.15) is 48.4 Å². The molecular weight excluding hydrogens is 270 g/mol. The zero-order valence-corrected chi connectivity index (χ0v) is 13.5. The van der Waals surface area contributed by atoms with E-state index in [1.54, 1.807) is 0 Å². The first-order valence-corrected chi connectivity index (χ1v) is 9.11. The molecule has 1 fully saturated rings. The maximum absolute atomic E-state index is 12.5. The monoisotopic (exact) mass is 295 g/mol. The summed E-state index contributed by atoms with van der Waals surface area (Å²) in [6.45, 7) is 4.10. The van der Waals surface area contributed by atoms with Crippen LogP contribution in [0.25, 0.3) is 0 Å². The Hall–Kier alpha value is -0.870. The van der Waals surface area contributed by atoms with Crippen LogP contribution in [0.15, 0.2) is 18.2 Å². The van der Waals surface area contributed by atoms with Crippen molar-refractivity contribution in [1.29, 1.82) is 0 Å². The highest BCUT2D eigenvalue weighted by Gasteiger charge is 2.31. The largest absolute Gasteiger partial charge is 0.312 e. The normalized spacial score (nSPS) is 18.4. The summed E-state index contributed by atoms with van der Waals surface area (Å²) < 4.78 is 25.0. The molecule has 20 heavy (non-hydrogen) atoms. The number of rotatable bonds is 5. The maximum atomic E-state index is 12.5. The summed E-state index contributed by atoms with van der Waals surface area (Å²) in [5, 5.41) is 3.05. The third kappa shape index (κ3) is 3.61. The van der Waals surface area contributed by atoms with Gasteiger partial charge in [0.1, 0.15) is 0 Å². The van der Waals surface area contributed by atoms with E-state index in [4.69, 9.17) is 0 Å². The molecule has 4 heteroatoms. The van der Waals surface area contributed by atoms with Gasteiger partial charge in [-0.1, -0.05) is 42.2 Å². The molecule has 3 nitrogen and oxygen atoms in total. The van der Waals surface area contributed by atoms with E-state index in [0.717, 1.165) is 31.2 Å². The lowest BCUT2D eigenvalue weighted by Crippen LogP contribution is -2.30. The zero-order chi connectivity index (χ0) is 14.8. The third-order valence-electron chi connectivity index (χ3n) is 4.20. The third-order valence-corrected chi connectivity index (χ3v) is 6.49. The first-order valence-electron chi connectivity index (χ1n) is 7.39. The van der Waals surface area contributed by atoms with Gasteiger partial charge in [-0.15, -0.1) is 0 Å². The van der Waals surface area contributed by atoms with Gasteiger partial charge in [0.2, 0.25) is 0 Å². The second-order valence-corrected chi connectivity index (χ2v) is 8.32. The van der Waals surface area contributed by atoms with Gasteiger partial charge in [0.15, 0.2) is 9.84 Å². The van der Waals surface area contributed by atoms with Crippen LogP contribution in [0.2, 0.25) is 0 Å². The van der Waals surface area contributed by atoms with Gasteiger partial charge < -0.3 is 5.32 Å². The van der Waals surface area contributed by atoms with E-state index < -0.39 is 9.84 Å². The minimum atomic E-state index is -3.01. The fraction of sp³-hybridized carbons (Fsp3) is 0.625. The van der Waals surface area contributed by atoms with Crippen LogP contribution >= 0.6 is 0 Å². The van der Waals surface area contributed by atoms with Crippen molar-refractivity contribution < 1.29 is 8.42 Å². The molecule has 0 heterocycles. The Kier molecular flexibility index (Phi) is 4.86. The molecule has 0 spiro atoms. The van der Waals surface area contributed by atoms with Gasteiger partial charge in [0.25, 0.3) is 0 Å². The van der Waals surface area contributed by atoms with Crippen molar-refractivity contribution in [1.82, 2.24) is 5.32 Å². The standard InChI is InChI=1S/C16H25NO2S/c1-12-8-13(2)10-14(9-12)16(17-3)11-20(18,19)15-6-4-5-7-15/h8-10,15-17H,4-7,11H2,1-3H3. The fourth-order valence-corrected chi connectivity index (χ4v) is 5.32. The Morgan fingerprint density at radius 2 is 1.70 bits per heavy atom. The van der Waals surface area contributed by atoms with E-state index in [2.05, 4.69) is 37.4 Å². The predicted molar refractivity (Wildman–Crippen MR) is 83.8 cm³/mol. The second-order valence-electron chi connectivity index (χ2n) is 6.00. The van der Waals surface area contributed by atoms with Crippen LogP contribution < -0.4 is 5.32 Å². The summed E-state index contributed by atoms with van der Waals surface area (Å²) in [5.41, 5.74) is 3.43. The topological polar surface area (TPSA) is 46.2 Å². The highest BCUT2D eigenvalue weighted by molar-refractivity contribution is 7.92. The summed E-state index contributed by atoms with van der Waals surface area (Å²) in [5.74, 6) is 0.205. The molecule has 1 saturated carbocycles. The lowest BCUT2D eigenvalue weighted by molar-refractivity contribution is 0.559. The van der Waals surface area contributed by atoms with Crippen LogP contribution in [-0.2, 0) is 9.84 Å². The predicted octanol–water partition coefficient (Wildman–Crippen LogP) is 2.92. The Labute approximate surface area is 122 Å². The molecule has 1 N–H and O–H groups in total. The van der Waals surface area contributed by atoms with Gasteiger partial charge in [0.05, 0.1) is 11.0 Å². The number of hydrogen-bond donors (Lipinski definition) is 1. The first-order chi connectivity index (χ1) is 9.42. The van der Waals surface area contributed by atoms with Crippen molar-refractivity contribution in [3.8, 4) is 0 Å². The highest BCUT2D eigenvalue weighted by Crippen LogP contribution is 2.28. The second kappa shape index (κ2) is 6.27. The summed E-state index contributed by atoms with van der Waals surface area (Å²) in [4.78, 5) is 0. The molecular formula is C16H25NO2S. The van der Waals surface area contributed by atoms with Crippen LogP contribution in [-0.4, -0.2) is 26.5 Å². The molecule has 2 rings (SSSR count). The minimum Gasteiger partial charge on any atom is -0.312 e. The number of hydrogen-bond acceptors (Lipinski definition) is 3. The molecule has 1 unspecified atom stereocenters. The fourth-order valence-electron chi connectivity index (χ4n) is 3.17. The summed E-state index contributed by atoms with van der Waals surface area (Å²) >= 11 is 0. The Balaban J connectivity index is 2.20. The van der Waals surface area contributed by atoms with E-state index in [1.807, 2.05) is 7.05 Å². The lowest BCUT2D eigenvalue weighted by atomic mass is 10.0. The Morgan fingerprint density at radius 1 is 1.15 bits per heavy atom. The van der Waals surface area contributed by atoms with Crippen molar-refractivity contribution in [2.24, 2.45) is 0 Å². The van der Waals surface area contributed by atoms with Gasteiger partial charge >= 0.3 is 0 Å². The van der Waals surface area contributed by atoms with Crippen LogP contribution in [0.3, 0.4) is 0 Å². The molecule has 0 bridgehead atoms. The number of aryl methyl sites for hydroxylation is 2. The molecule has 0 aromatic heterocycles. The Bertz CT molecular complexity index is 540. The number of sulfone groups is 1. The number of nitrogens with one attached hydrogen (secondary N) is 1. The van der Waals surface area contributed by atoms with Gasteiger partial charge in [-0.25, -0.2) is 8.42 Å². The summed E-state index contributed by atoms with van der Waals surface area (Å²) in [6, 6.07) is 6.16. The average Bonchev–Trinajstić information content (AvgIpc) is 2.89. The van der Waals surface area contributed by atoms with Gasteiger partial charge in [-0.2, -0.15) is 0 Å². The molecule has 0 radical (unpaired) electrons. The van der Waals surface area contributed by atoms with Crippen LogP contribution in [0.5, 0.6) is 0 Å². The maximum Gasteiger partial charge on any atom is 0.155 e. The van der Waals surface area contributed by atoms with E-state index in [-0.39, 0.29) is 17.0 Å². The highest BCUT2D eigenvalue weighted by atomic mass is 32.2. The van der Waals surface area contributed by atoms with E-state index >= 15 is 0 Å². The Morgan fingerprint density at radius 3 is 2.20 bits per heavy atom. The molecule has 1 aliphatic carbocycles.